The molecule has 166 valence electrons. The van der Waals surface area contributed by atoms with Gasteiger partial charge in [0.15, 0.2) is 6.61 Å². The maximum Gasteiger partial charge on any atom is 0.258 e. The Kier molecular flexibility index (Phi) is 7.39. The van der Waals surface area contributed by atoms with Gasteiger partial charge in [-0.2, -0.15) is 0 Å². The van der Waals surface area contributed by atoms with Crippen LogP contribution >= 0.6 is 15.9 Å². The number of anilines is 1. The predicted molar refractivity (Wildman–Crippen MR) is 130 cm³/mol. The number of nitrogens with one attached hydrogen (secondary N) is 2. The monoisotopic (exact) mass is 495 g/mol. The highest BCUT2D eigenvalue weighted by Crippen LogP contribution is 2.24. The van der Waals surface area contributed by atoms with E-state index in [0.717, 1.165) is 46.9 Å². The molecule has 3 aromatic rings. The fourth-order valence-corrected chi connectivity index (χ4v) is 4.24. The van der Waals surface area contributed by atoms with Gasteiger partial charge < -0.3 is 15.4 Å². The summed E-state index contributed by atoms with van der Waals surface area (Å²) >= 11 is 3.47. The van der Waals surface area contributed by atoms with Crippen molar-refractivity contribution >= 4 is 44.2 Å². The molecule has 3 aromatic carbocycles. The van der Waals surface area contributed by atoms with E-state index < -0.39 is 0 Å². The van der Waals surface area contributed by atoms with E-state index in [2.05, 4.69) is 31.5 Å². The highest BCUT2D eigenvalue weighted by atomic mass is 79.9. The number of rotatable bonds is 7. The molecular weight excluding hydrogens is 470 g/mol. The molecule has 1 aliphatic rings. The van der Waals surface area contributed by atoms with Crippen LogP contribution in [0.15, 0.2) is 71.2 Å². The summed E-state index contributed by atoms with van der Waals surface area (Å²) < 4.78 is 6.72. The summed E-state index contributed by atoms with van der Waals surface area (Å²) in [5.41, 5.74) is 0.805. The molecule has 32 heavy (non-hydrogen) atoms. The van der Waals surface area contributed by atoms with Gasteiger partial charge in [-0.25, -0.2) is 0 Å². The number of likely N-dealkylation sites (tertiary alicyclic amines) is 1. The van der Waals surface area contributed by atoms with Gasteiger partial charge in [-0.1, -0.05) is 46.3 Å². The van der Waals surface area contributed by atoms with E-state index in [9.17, 15) is 9.59 Å². The molecule has 1 heterocycles. The number of amides is 2. The Labute approximate surface area is 196 Å². The maximum absolute atomic E-state index is 12.3. The molecule has 2 amide bonds. The van der Waals surface area contributed by atoms with Gasteiger partial charge in [-0.05, 0) is 60.0 Å². The molecule has 0 radical (unpaired) electrons. The molecule has 0 atom stereocenters. The van der Waals surface area contributed by atoms with Crippen molar-refractivity contribution in [2.45, 2.75) is 18.9 Å². The number of halogens is 1. The maximum atomic E-state index is 12.3. The van der Waals surface area contributed by atoms with Crippen LogP contribution in [0.2, 0.25) is 0 Å². The van der Waals surface area contributed by atoms with Crippen LogP contribution in [0, 0.1) is 0 Å². The van der Waals surface area contributed by atoms with Crippen LogP contribution in [0.4, 0.5) is 5.69 Å². The molecule has 2 N–H and O–H groups in total. The number of carbonyl (C=O) groups is 2. The van der Waals surface area contributed by atoms with E-state index in [1.165, 1.54) is 0 Å². The Morgan fingerprint density at radius 1 is 0.938 bits per heavy atom. The van der Waals surface area contributed by atoms with E-state index in [-0.39, 0.29) is 24.5 Å². The number of fused-ring (bicyclic) bond motifs is 1. The van der Waals surface area contributed by atoms with Gasteiger partial charge in [0.05, 0.1) is 6.54 Å². The second-order valence-electron chi connectivity index (χ2n) is 7.97. The molecule has 0 bridgehead atoms. The van der Waals surface area contributed by atoms with Crippen LogP contribution in [0.3, 0.4) is 0 Å². The fraction of sp³-hybridized carbons (Fsp3) is 0.280. The van der Waals surface area contributed by atoms with Crippen molar-refractivity contribution in [1.82, 2.24) is 10.2 Å². The van der Waals surface area contributed by atoms with Crippen molar-refractivity contribution < 1.29 is 14.3 Å². The number of para-hydroxylation sites is 1. The van der Waals surface area contributed by atoms with Crippen LogP contribution in [0.25, 0.3) is 10.8 Å². The number of hydrogen-bond acceptors (Lipinski definition) is 4. The lowest BCUT2D eigenvalue weighted by molar-refractivity contribution is -0.124. The fourth-order valence-electron chi connectivity index (χ4n) is 3.86. The standard InChI is InChI=1S/C25H26BrN3O3/c26-20-8-6-19-15-23(9-7-18(19)14-20)32-17-25(31)28-22-10-12-29(13-11-22)16-24(30)27-21-4-2-1-3-5-21/h1-9,14-15,22H,10-13,16-17H2,(H,27,30)(H,28,31). The van der Waals surface area contributed by atoms with Crippen LogP contribution < -0.4 is 15.4 Å². The number of benzene rings is 3. The molecule has 0 aromatic heterocycles. The molecular formula is C25H26BrN3O3. The quantitative estimate of drug-likeness (QED) is 0.515. The SMILES string of the molecule is O=C(CN1CCC(NC(=O)COc2ccc3cc(Br)ccc3c2)CC1)Nc1ccccc1. The lowest BCUT2D eigenvalue weighted by Gasteiger charge is -2.31. The smallest absolute Gasteiger partial charge is 0.258 e. The Hall–Kier alpha value is -2.90. The summed E-state index contributed by atoms with van der Waals surface area (Å²) in [6.45, 7) is 1.89. The molecule has 0 spiro atoms. The second kappa shape index (κ2) is 10.6. The highest BCUT2D eigenvalue weighted by molar-refractivity contribution is 9.10. The van der Waals surface area contributed by atoms with E-state index in [1.807, 2.05) is 66.7 Å². The largest absolute Gasteiger partial charge is 0.484 e. The van der Waals surface area contributed by atoms with Crippen molar-refractivity contribution in [1.29, 1.82) is 0 Å². The van der Waals surface area contributed by atoms with Gasteiger partial charge in [0.2, 0.25) is 5.91 Å². The minimum absolute atomic E-state index is 0.0122. The zero-order valence-electron chi connectivity index (χ0n) is 17.7. The number of ether oxygens (including phenoxy) is 1. The second-order valence-corrected chi connectivity index (χ2v) is 8.89. The first-order chi connectivity index (χ1) is 15.5. The third-order valence-corrected chi connectivity index (χ3v) is 6.01. The van der Waals surface area contributed by atoms with Crippen molar-refractivity contribution in [3.8, 4) is 5.75 Å². The third-order valence-electron chi connectivity index (χ3n) is 5.52. The summed E-state index contributed by atoms with van der Waals surface area (Å²) in [6.07, 6.45) is 1.63. The number of piperidine rings is 1. The third kappa shape index (κ3) is 6.31. The van der Waals surface area contributed by atoms with E-state index >= 15 is 0 Å². The Bertz CT molecular complexity index is 1080. The van der Waals surface area contributed by atoms with E-state index in [4.69, 9.17) is 4.74 Å². The lowest BCUT2D eigenvalue weighted by Crippen LogP contribution is -2.47. The zero-order chi connectivity index (χ0) is 22.3. The molecule has 7 heteroatoms. The van der Waals surface area contributed by atoms with Gasteiger partial charge in [0, 0.05) is 29.3 Å². The Balaban J connectivity index is 1.17. The summed E-state index contributed by atoms with van der Waals surface area (Å²) in [7, 11) is 0. The van der Waals surface area contributed by atoms with Crippen molar-refractivity contribution in [3.05, 3.63) is 71.2 Å². The Morgan fingerprint density at radius 2 is 1.66 bits per heavy atom. The van der Waals surface area contributed by atoms with E-state index in [0.29, 0.717) is 12.3 Å². The molecule has 6 nitrogen and oxygen atoms in total. The first-order valence-electron chi connectivity index (χ1n) is 10.7. The molecule has 0 unspecified atom stereocenters. The topological polar surface area (TPSA) is 70.7 Å². The van der Waals surface area contributed by atoms with Gasteiger partial charge in [0.1, 0.15) is 5.75 Å². The van der Waals surface area contributed by atoms with Gasteiger partial charge in [-0.3, -0.25) is 14.5 Å². The van der Waals surface area contributed by atoms with Crippen molar-refractivity contribution in [2.24, 2.45) is 0 Å². The van der Waals surface area contributed by atoms with Crippen molar-refractivity contribution in [3.63, 3.8) is 0 Å². The van der Waals surface area contributed by atoms with E-state index in [1.54, 1.807) is 0 Å². The van der Waals surface area contributed by atoms with Gasteiger partial charge in [-0.15, -0.1) is 0 Å². The normalized spacial score (nSPS) is 14.8. The number of carbonyl (C=O) groups excluding carboxylic acids is 2. The van der Waals surface area contributed by atoms with Crippen LogP contribution in [0.5, 0.6) is 5.75 Å². The van der Waals surface area contributed by atoms with Crippen LogP contribution in [-0.2, 0) is 9.59 Å². The lowest BCUT2D eigenvalue weighted by atomic mass is 10.1. The molecule has 0 saturated carbocycles. The van der Waals surface area contributed by atoms with Gasteiger partial charge >= 0.3 is 0 Å². The van der Waals surface area contributed by atoms with Gasteiger partial charge in [0.25, 0.3) is 5.91 Å². The summed E-state index contributed by atoms with van der Waals surface area (Å²) in [4.78, 5) is 26.7. The summed E-state index contributed by atoms with van der Waals surface area (Å²) in [5, 5.41) is 8.14. The highest BCUT2D eigenvalue weighted by Gasteiger charge is 2.22. The first kappa shape index (κ1) is 22.3. The van der Waals surface area contributed by atoms with Crippen LogP contribution in [0.1, 0.15) is 12.8 Å². The number of hydrogen-bond donors (Lipinski definition) is 2. The molecule has 1 saturated heterocycles. The average molecular weight is 496 g/mol. The predicted octanol–water partition coefficient (Wildman–Crippen LogP) is 4.20. The first-order valence-corrected chi connectivity index (χ1v) is 11.5. The minimum atomic E-state index is -0.124. The molecule has 0 aliphatic carbocycles. The van der Waals surface area contributed by atoms with Crippen molar-refractivity contribution in [2.75, 3.05) is 31.6 Å². The zero-order valence-corrected chi connectivity index (χ0v) is 19.3. The molecule has 1 aliphatic heterocycles. The van der Waals surface area contributed by atoms with Crippen LogP contribution in [-0.4, -0.2) is 49.0 Å². The molecule has 4 rings (SSSR count). The average Bonchev–Trinajstić information content (AvgIpc) is 2.79. The minimum Gasteiger partial charge on any atom is -0.484 e. The summed E-state index contributed by atoms with van der Waals surface area (Å²) in [6, 6.07) is 21.4. The Morgan fingerprint density at radius 3 is 2.44 bits per heavy atom. The molecule has 1 fully saturated rings. The number of nitrogens with zero attached hydrogens (tertiary/aromatic N) is 1. The summed E-state index contributed by atoms with van der Waals surface area (Å²) in [5.74, 6) is 0.533.